The fourth-order valence-electron chi connectivity index (χ4n) is 1.42. The van der Waals surface area contributed by atoms with Crippen LogP contribution in [0.3, 0.4) is 0 Å². The second-order valence-electron chi connectivity index (χ2n) is 4.26. The number of carboxylic acids is 1. The fraction of sp³-hybridized carbons (Fsp3) is 0.333. The molecule has 0 aromatic heterocycles. The molecule has 0 aliphatic rings. The molecule has 0 bridgehead atoms. The maximum atomic E-state index is 13.5. The lowest BCUT2D eigenvalue weighted by atomic mass is 10.1. The molecule has 1 aromatic carbocycles. The molecule has 7 heteroatoms. The Kier molecular flexibility index (Phi) is 5.29. The number of carbonyl (C=O) groups is 2. The third-order valence-corrected chi connectivity index (χ3v) is 3.08. The Morgan fingerprint density at radius 1 is 1.37 bits per heavy atom. The van der Waals surface area contributed by atoms with E-state index in [-0.39, 0.29) is 11.6 Å². The van der Waals surface area contributed by atoms with Gasteiger partial charge in [0.1, 0.15) is 11.9 Å². The number of amides is 2. The van der Waals surface area contributed by atoms with E-state index in [1.54, 1.807) is 19.9 Å². The van der Waals surface area contributed by atoms with Gasteiger partial charge in [-0.15, -0.1) is 0 Å². The van der Waals surface area contributed by atoms with Crippen molar-refractivity contribution >= 4 is 33.6 Å². The number of anilines is 1. The SMILES string of the molecule is CC(C)[C@@H](NC(=O)Nc1c(F)cccc1Br)C(=O)O. The highest BCUT2D eigenvalue weighted by Gasteiger charge is 2.24. The Bertz CT molecular complexity index is 474. The zero-order valence-electron chi connectivity index (χ0n) is 10.4. The molecule has 1 rings (SSSR count). The van der Waals surface area contributed by atoms with Crippen LogP contribution in [-0.4, -0.2) is 23.1 Å². The minimum absolute atomic E-state index is 0.0344. The molecule has 1 aromatic rings. The Morgan fingerprint density at radius 2 is 2.00 bits per heavy atom. The van der Waals surface area contributed by atoms with Crippen molar-refractivity contribution in [2.24, 2.45) is 5.92 Å². The van der Waals surface area contributed by atoms with Crippen molar-refractivity contribution in [1.82, 2.24) is 5.32 Å². The van der Waals surface area contributed by atoms with Gasteiger partial charge < -0.3 is 15.7 Å². The zero-order chi connectivity index (χ0) is 14.6. The molecule has 0 aliphatic carbocycles. The maximum Gasteiger partial charge on any atom is 0.326 e. The molecule has 0 saturated carbocycles. The van der Waals surface area contributed by atoms with E-state index in [0.29, 0.717) is 4.47 Å². The van der Waals surface area contributed by atoms with Crippen molar-refractivity contribution in [2.75, 3.05) is 5.32 Å². The number of aliphatic carboxylic acids is 1. The van der Waals surface area contributed by atoms with Crippen molar-refractivity contribution in [2.45, 2.75) is 19.9 Å². The van der Waals surface area contributed by atoms with Gasteiger partial charge in [0.05, 0.1) is 5.69 Å². The monoisotopic (exact) mass is 332 g/mol. The number of urea groups is 1. The van der Waals surface area contributed by atoms with E-state index in [1.807, 2.05) is 0 Å². The van der Waals surface area contributed by atoms with E-state index in [9.17, 15) is 14.0 Å². The molecule has 0 radical (unpaired) electrons. The second kappa shape index (κ2) is 6.51. The molecule has 3 N–H and O–H groups in total. The van der Waals surface area contributed by atoms with Gasteiger partial charge in [-0.05, 0) is 34.0 Å². The average Bonchev–Trinajstić information content (AvgIpc) is 2.30. The minimum atomic E-state index is -1.14. The average molecular weight is 333 g/mol. The summed E-state index contributed by atoms with van der Waals surface area (Å²) in [5.74, 6) is -2.04. The molecule has 0 spiro atoms. The van der Waals surface area contributed by atoms with Crippen LogP contribution in [0.2, 0.25) is 0 Å². The van der Waals surface area contributed by atoms with Gasteiger partial charge in [0, 0.05) is 4.47 Å². The molecule has 5 nitrogen and oxygen atoms in total. The standard InChI is InChI=1S/C12H14BrFN2O3/c1-6(2)9(11(17)18)15-12(19)16-10-7(13)4-3-5-8(10)14/h3-6,9H,1-2H3,(H,17,18)(H2,15,16,19)/t9-/m1/s1. The Hall–Kier alpha value is -1.63. The molecule has 1 atom stereocenters. The summed E-state index contributed by atoms with van der Waals surface area (Å²) in [4.78, 5) is 22.6. The van der Waals surface area contributed by atoms with Crippen LogP contribution in [0.4, 0.5) is 14.9 Å². The molecule has 0 fully saturated rings. The van der Waals surface area contributed by atoms with Gasteiger partial charge in [0.15, 0.2) is 0 Å². The third kappa shape index (κ3) is 4.20. The van der Waals surface area contributed by atoms with Crippen LogP contribution in [0.5, 0.6) is 0 Å². The second-order valence-corrected chi connectivity index (χ2v) is 5.11. The molecular formula is C12H14BrFN2O3. The molecule has 0 saturated heterocycles. The van der Waals surface area contributed by atoms with Crippen LogP contribution in [-0.2, 0) is 4.79 Å². The summed E-state index contributed by atoms with van der Waals surface area (Å²) >= 11 is 3.10. The van der Waals surface area contributed by atoms with Crippen molar-refractivity contribution in [1.29, 1.82) is 0 Å². The lowest BCUT2D eigenvalue weighted by molar-refractivity contribution is -0.140. The number of hydrogen-bond donors (Lipinski definition) is 3. The van der Waals surface area contributed by atoms with E-state index < -0.39 is 23.9 Å². The number of benzene rings is 1. The van der Waals surface area contributed by atoms with Gasteiger partial charge in [-0.3, -0.25) is 0 Å². The highest BCUT2D eigenvalue weighted by Crippen LogP contribution is 2.24. The summed E-state index contributed by atoms with van der Waals surface area (Å²) in [5, 5.41) is 13.5. The lowest BCUT2D eigenvalue weighted by Gasteiger charge is -2.18. The van der Waals surface area contributed by atoms with Crippen LogP contribution < -0.4 is 10.6 Å². The quantitative estimate of drug-likeness (QED) is 0.793. The number of carboxylic acid groups (broad SMARTS) is 1. The van der Waals surface area contributed by atoms with Gasteiger partial charge in [-0.1, -0.05) is 19.9 Å². The Labute approximate surface area is 118 Å². The summed E-state index contributed by atoms with van der Waals surface area (Å²) < 4.78 is 13.9. The fourth-order valence-corrected chi connectivity index (χ4v) is 1.86. The number of carbonyl (C=O) groups excluding carboxylic acids is 1. The lowest BCUT2D eigenvalue weighted by Crippen LogP contribution is -2.46. The summed E-state index contributed by atoms with van der Waals surface area (Å²) in [7, 11) is 0. The first kappa shape index (κ1) is 15.4. The number of hydrogen-bond acceptors (Lipinski definition) is 2. The van der Waals surface area contributed by atoms with Gasteiger partial charge in [-0.25, -0.2) is 14.0 Å². The van der Waals surface area contributed by atoms with E-state index >= 15 is 0 Å². The van der Waals surface area contributed by atoms with E-state index in [4.69, 9.17) is 5.11 Å². The van der Waals surface area contributed by atoms with Crippen molar-refractivity contribution in [3.8, 4) is 0 Å². The number of para-hydroxylation sites is 1. The van der Waals surface area contributed by atoms with Crippen LogP contribution >= 0.6 is 15.9 Å². The molecule has 2 amide bonds. The summed E-state index contributed by atoms with van der Waals surface area (Å²) in [6.45, 7) is 3.33. The first-order chi connectivity index (χ1) is 8.82. The highest BCUT2D eigenvalue weighted by atomic mass is 79.9. The molecule has 0 aliphatic heterocycles. The third-order valence-electron chi connectivity index (χ3n) is 2.42. The van der Waals surface area contributed by atoms with Gasteiger partial charge in [0.2, 0.25) is 0 Å². The van der Waals surface area contributed by atoms with Crippen molar-refractivity contribution in [3.05, 3.63) is 28.5 Å². The van der Waals surface area contributed by atoms with Crippen LogP contribution in [0.15, 0.2) is 22.7 Å². The largest absolute Gasteiger partial charge is 0.480 e. The maximum absolute atomic E-state index is 13.5. The predicted molar refractivity (Wildman–Crippen MR) is 72.5 cm³/mol. The summed E-state index contributed by atoms with van der Waals surface area (Å²) in [6.07, 6.45) is 0. The van der Waals surface area contributed by atoms with Crippen LogP contribution in [0.1, 0.15) is 13.8 Å². The first-order valence-corrected chi connectivity index (χ1v) is 6.36. The zero-order valence-corrected chi connectivity index (χ0v) is 12.0. The summed E-state index contributed by atoms with van der Waals surface area (Å²) in [5.41, 5.74) is -0.0344. The number of halogens is 2. The topological polar surface area (TPSA) is 78.4 Å². The van der Waals surface area contributed by atoms with Gasteiger partial charge in [0.25, 0.3) is 0 Å². The number of rotatable bonds is 4. The van der Waals surface area contributed by atoms with E-state index in [2.05, 4.69) is 26.6 Å². The molecule has 104 valence electrons. The van der Waals surface area contributed by atoms with Crippen LogP contribution in [0, 0.1) is 11.7 Å². The van der Waals surface area contributed by atoms with E-state index in [0.717, 1.165) is 0 Å². The van der Waals surface area contributed by atoms with Crippen LogP contribution in [0.25, 0.3) is 0 Å². The van der Waals surface area contributed by atoms with Gasteiger partial charge >= 0.3 is 12.0 Å². The smallest absolute Gasteiger partial charge is 0.326 e. The Morgan fingerprint density at radius 3 is 2.47 bits per heavy atom. The highest BCUT2D eigenvalue weighted by molar-refractivity contribution is 9.10. The minimum Gasteiger partial charge on any atom is -0.480 e. The molecular weight excluding hydrogens is 319 g/mol. The predicted octanol–water partition coefficient (Wildman–Crippen LogP) is 2.82. The normalized spacial score (nSPS) is 12.1. The van der Waals surface area contributed by atoms with Crippen molar-refractivity contribution in [3.63, 3.8) is 0 Å². The molecule has 0 heterocycles. The summed E-state index contributed by atoms with van der Waals surface area (Å²) in [6, 6.07) is 2.43. The van der Waals surface area contributed by atoms with Crippen molar-refractivity contribution < 1.29 is 19.1 Å². The Balaban J connectivity index is 2.78. The van der Waals surface area contributed by atoms with E-state index in [1.165, 1.54) is 12.1 Å². The molecule has 0 unspecified atom stereocenters. The van der Waals surface area contributed by atoms with Gasteiger partial charge in [-0.2, -0.15) is 0 Å². The number of nitrogens with one attached hydrogen (secondary N) is 2. The first-order valence-electron chi connectivity index (χ1n) is 5.57. The molecule has 19 heavy (non-hydrogen) atoms.